The van der Waals surface area contributed by atoms with Crippen LogP contribution in [0, 0.1) is 0 Å². The number of hydrogen-bond acceptors (Lipinski definition) is 6. The number of nitrogens with one attached hydrogen (secondary N) is 1. The molecular formula is C20H25N5O4. The summed E-state index contributed by atoms with van der Waals surface area (Å²) >= 11 is 0. The van der Waals surface area contributed by atoms with E-state index in [1.54, 1.807) is 34.2 Å². The molecule has 3 aliphatic heterocycles. The molecule has 1 aromatic rings. The predicted octanol–water partition coefficient (Wildman–Crippen LogP) is -0.712. The van der Waals surface area contributed by atoms with Crippen molar-refractivity contribution in [3.63, 3.8) is 0 Å². The largest absolute Gasteiger partial charge is 0.340 e. The van der Waals surface area contributed by atoms with Crippen molar-refractivity contribution in [1.82, 2.24) is 25.0 Å². The minimum Gasteiger partial charge on any atom is -0.340 e. The van der Waals surface area contributed by atoms with Crippen LogP contribution in [0.5, 0.6) is 0 Å². The topological polar surface area (TPSA) is 103 Å². The van der Waals surface area contributed by atoms with Crippen LogP contribution in [-0.4, -0.2) is 94.5 Å². The summed E-state index contributed by atoms with van der Waals surface area (Å²) in [6.07, 6.45) is 2.35. The molecule has 9 heteroatoms. The van der Waals surface area contributed by atoms with Gasteiger partial charge in [0.15, 0.2) is 5.78 Å². The molecule has 29 heavy (non-hydrogen) atoms. The quantitative estimate of drug-likeness (QED) is 0.717. The molecule has 3 saturated heterocycles. The molecule has 0 radical (unpaired) electrons. The van der Waals surface area contributed by atoms with Gasteiger partial charge in [-0.2, -0.15) is 0 Å². The lowest BCUT2D eigenvalue weighted by Gasteiger charge is -2.28. The Morgan fingerprint density at radius 1 is 1.03 bits per heavy atom. The number of carbonyl (C=O) groups is 4. The average molecular weight is 399 g/mol. The summed E-state index contributed by atoms with van der Waals surface area (Å²) in [6, 6.07) is 4.16. The average Bonchev–Trinajstić information content (AvgIpc) is 3.34. The van der Waals surface area contributed by atoms with Crippen molar-refractivity contribution in [2.45, 2.75) is 31.3 Å². The lowest BCUT2D eigenvalue weighted by molar-refractivity contribution is -0.139. The molecule has 0 saturated carbocycles. The van der Waals surface area contributed by atoms with Gasteiger partial charge in [-0.25, -0.2) is 0 Å². The second kappa shape index (κ2) is 8.28. The molecule has 4 rings (SSSR count). The van der Waals surface area contributed by atoms with Crippen molar-refractivity contribution < 1.29 is 19.2 Å². The van der Waals surface area contributed by atoms with Gasteiger partial charge in [0.25, 0.3) is 5.91 Å². The van der Waals surface area contributed by atoms with Crippen LogP contribution < -0.4 is 5.32 Å². The Kier molecular flexibility index (Phi) is 5.57. The van der Waals surface area contributed by atoms with Crippen LogP contribution in [0.2, 0.25) is 0 Å². The monoisotopic (exact) mass is 399 g/mol. The zero-order valence-electron chi connectivity index (χ0n) is 16.2. The third kappa shape index (κ3) is 3.87. The highest BCUT2D eigenvalue weighted by atomic mass is 16.2. The zero-order chi connectivity index (χ0) is 20.4. The first kappa shape index (κ1) is 19.5. The van der Waals surface area contributed by atoms with Gasteiger partial charge >= 0.3 is 0 Å². The maximum Gasteiger partial charge on any atom is 0.273 e. The van der Waals surface area contributed by atoms with Gasteiger partial charge in [0.05, 0.1) is 12.6 Å². The van der Waals surface area contributed by atoms with E-state index in [-0.39, 0.29) is 48.9 Å². The molecule has 2 atom stereocenters. The standard InChI is InChI=1S/C20H25N5O4/c26-16-13-25(20(29)14-3-1-2-7-22-14)15-6-10-24(19(15)16)18(28)5-4-17(27)23-11-8-21-9-12-23/h1-3,7,15,19,21H,4-6,8-13H2. The molecule has 0 bridgehead atoms. The zero-order valence-corrected chi connectivity index (χ0v) is 16.2. The fraction of sp³-hybridized carbons (Fsp3) is 0.550. The third-order valence-electron chi connectivity index (χ3n) is 5.91. The Morgan fingerprint density at radius 2 is 1.79 bits per heavy atom. The number of hydrogen-bond donors (Lipinski definition) is 1. The van der Waals surface area contributed by atoms with Crippen molar-refractivity contribution in [2.75, 3.05) is 39.3 Å². The van der Waals surface area contributed by atoms with Crippen LogP contribution in [0.3, 0.4) is 0 Å². The van der Waals surface area contributed by atoms with Crippen LogP contribution in [0.25, 0.3) is 0 Å². The molecule has 1 aromatic heterocycles. The predicted molar refractivity (Wildman–Crippen MR) is 103 cm³/mol. The molecule has 0 spiro atoms. The summed E-state index contributed by atoms with van der Waals surface area (Å²) in [4.78, 5) is 59.4. The molecule has 0 aromatic carbocycles. The molecule has 3 fully saturated rings. The van der Waals surface area contributed by atoms with Crippen molar-refractivity contribution in [3.8, 4) is 0 Å². The molecule has 1 N–H and O–H groups in total. The van der Waals surface area contributed by atoms with Crippen LogP contribution in [0.4, 0.5) is 0 Å². The summed E-state index contributed by atoms with van der Waals surface area (Å²) < 4.78 is 0. The minimum absolute atomic E-state index is 0.00572. The number of aromatic nitrogens is 1. The highest BCUT2D eigenvalue weighted by Crippen LogP contribution is 2.31. The first-order valence-corrected chi connectivity index (χ1v) is 10.1. The summed E-state index contributed by atoms with van der Waals surface area (Å²) in [5.41, 5.74) is 0.298. The first-order valence-electron chi connectivity index (χ1n) is 10.1. The number of rotatable bonds is 4. The van der Waals surface area contributed by atoms with Gasteiger partial charge in [0.2, 0.25) is 11.8 Å². The fourth-order valence-corrected chi connectivity index (χ4v) is 4.44. The second-order valence-corrected chi connectivity index (χ2v) is 7.63. The normalized spacial score (nSPS) is 24.0. The van der Waals surface area contributed by atoms with E-state index >= 15 is 0 Å². The summed E-state index contributed by atoms with van der Waals surface area (Å²) in [5, 5.41) is 3.19. The number of likely N-dealkylation sites (tertiary alicyclic amines) is 2. The molecular weight excluding hydrogens is 374 g/mol. The Hall–Kier alpha value is -2.81. The minimum atomic E-state index is -0.607. The number of carbonyl (C=O) groups excluding carboxylic acids is 4. The van der Waals surface area contributed by atoms with Gasteiger partial charge < -0.3 is 20.0 Å². The van der Waals surface area contributed by atoms with Gasteiger partial charge in [-0.15, -0.1) is 0 Å². The highest BCUT2D eigenvalue weighted by molar-refractivity contribution is 6.01. The van der Waals surface area contributed by atoms with E-state index in [2.05, 4.69) is 10.3 Å². The maximum absolute atomic E-state index is 12.8. The number of fused-ring (bicyclic) bond motifs is 1. The maximum atomic E-state index is 12.8. The van der Waals surface area contributed by atoms with Gasteiger partial charge in [-0.1, -0.05) is 6.07 Å². The van der Waals surface area contributed by atoms with Crippen molar-refractivity contribution >= 4 is 23.5 Å². The Labute approximate surface area is 169 Å². The van der Waals surface area contributed by atoms with Gasteiger partial charge in [0.1, 0.15) is 11.7 Å². The molecule has 154 valence electrons. The Morgan fingerprint density at radius 3 is 2.52 bits per heavy atom. The van der Waals surface area contributed by atoms with Crippen molar-refractivity contribution in [1.29, 1.82) is 0 Å². The van der Waals surface area contributed by atoms with E-state index in [4.69, 9.17) is 0 Å². The van der Waals surface area contributed by atoms with E-state index in [1.807, 2.05) is 0 Å². The van der Waals surface area contributed by atoms with Gasteiger partial charge in [-0.05, 0) is 18.6 Å². The second-order valence-electron chi connectivity index (χ2n) is 7.63. The molecule has 3 amide bonds. The molecule has 0 aliphatic carbocycles. The molecule has 3 aliphatic rings. The van der Waals surface area contributed by atoms with Crippen LogP contribution in [0.15, 0.2) is 24.4 Å². The number of ketones is 1. The highest BCUT2D eigenvalue weighted by Gasteiger charge is 2.51. The fourth-order valence-electron chi connectivity index (χ4n) is 4.44. The molecule has 4 heterocycles. The molecule has 2 unspecified atom stereocenters. The van der Waals surface area contributed by atoms with Crippen molar-refractivity contribution in [3.05, 3.63) is 30.1 Å². The Bertz CT molecular complexity index is 808. The summed E-state index contributed by atoms with van der Waals surface area (Å²) in [5.74, 6) is -0.630. The SMILES string of the molecule is O=C1CN(C(=O)c2ccccn2)C2CCN(C(=O)CCC(=O)N3CCNCC3)C12. The van der Waals surface area contributed by atoms with E-state index in [9.17, 15) is 19.2 Å². The lowest BCUT2D eigenvalue weighted by atomic mass is 10.1. The number of pyridine rings is 1. The van der Waals surface area contributed by atoms with E-state index < -0.39 is 6.04 Å². The van der Waals surface area contributed by atoms with E-state index in [1.165, 1.54) is 4.90 Å². The van der Waals surface area contributed by atoms with Crippen LogP contribution in [0.1, 0.15) is 29.8 Å². The molecule has 9 nitrogen and oxygen atoms in total. The van der Waals surface area contributed by atoms with Gasteiger partial charge in [0, 0.05) is 51.8 Å². The lowest BCUT2D eigenvalue weighted by Crippen LogP contribution is -2.47. The summed E-state index contributed by atoms with van der Waals surface area (Å²) in [7, 11) is 0. The Balaban J connectivity index is 1.37. The number of amides is 3. The van der Waals surface area contributed by atoms with E-state index in [0.29, 0.717) is 31.7 Å². The van der Waals surface area contributed by atoms with Crippen LogP contribution >= 0.6 is 0 Å². The smallest absolute Gasteiger partial charge is 0.273 e. The van der Waals surface area contributed by atoms with Crippen molar-refractivity contribution in [2.24, 2.45) is 0 Å². The van der Waals surface area contributed by atoms with Crippen LogP contribution in [-0.2, 0) is 14.4 Å². The van der Waals surface area contributed by atoms with E-state index in [0.717, 1.165) is 13.1 Å². The number of Topliss-reactive ketones (excluding diaryl/α,β-unsaturated/α-hetero) is 1. The number of nitrogens with zero attached hydrogens (tertiary/aromatic N) is 4. The first-order chi connectivity index (χ1) is 14.1. The third-order valence-corrected chi connectivity index (χ3v) is 5.91. The summed E-state index contributed by atoms with van der Waals surface area (Å²) in [6.45, 7) is 3.27. The number of piperazine rings is 1. The van der Waals surface area contributed by atoms with Gasteiger partial charge in [-0.3, -0.25) is 24.2 Å².